The maximum Gasteiger partial charge on any atom is 0.217 e. The summed E-state index contributed by atoms with van der Waals surface area (Å²) < 4.78 is 18.9. The van der Waals surface area contributed by atoms with E-state index in [1.807, 2.05) is 0 Å². The molecule has 0 saturated heterocycles. The zero-order valence-corrected chi connectivity index (χ0v) is 13.6. The molecule has 2 rings (SSSR count). The van der Waals surface area contributed by atoms with Gasteiger partial charge in [-0.05, 0) is 26.0 Å². The molecule has 1 fully saturated rings. The summed E-state index contributed by atoms with van der Waals surface area (Å²) in [7, 11) is 2.20. The van der Waals surface area contributed by atoms with Crippen LogP contribution in [-0.2, 0) is 11.3 Å². The summed E-state index contributed by atoms with van der Waals surface area (Å²) in [4.78, 5) is 6.06. The number of likely N-dealkylation sites (N-methyl/N-ethyl adjacent to an activating group) is 1. The van der Waals surface area contributed by atoms with Crippen LogP contribution in [0, 0.1) is 5.95 Å². The number of hydrogen-bond acceptors (Lipinski definition) is 4. The van der Waals surface area contributed by atoms with Gasteiger partial charge < -0.3 is 15.0 Å². The lowest BCUT2D eigenvalue weighted by Crippen LogP contribution is -2.36. The molecule has 22 heavy (non-hydrogen) atoms. The number of ether oxygens (including phenoxy) is 1. The Kier molecular flexibility index (Phi) is 7.77. The molecule has 0 atom stereocenters. The lowest BCUT2D eigenvalue weighted by molar-refractivity contribution is 0.0910. The van der Waals surface area contributed by atoms with Crippen molar-refractivity contribution in [3.8, 4) is 0 Å². The molecule has 1 aromatic heterocycles. The monoisotopic (exact) mass is 309 g/mol. The first-order valence-corrected chi connectivity index (χ1v) is 8.35. The summed E-state index contributed by atoms with van der Waals surface area (Å²) in [5.41, 5.74) is 0.597. The average molecular weight is 309 g/mol. The molecular weight excluding hydrogens is 281 g/mol. The highest BCUT2D eigenvalue weighted by Gasteiger charge is 2.17. The molecule has 1 aliphatic rings. The van der Waals surface area contributed by atoms with Crippen LogP contribution in [0.2, 0.25) is 0 Å². The van der Waals surface area contributed by atoms with Crippen molar-refractivity contribution >= 4 is 0 Å². The van der Waals surface area contributed by atoms with Gasteiger partial charge in [0.05, 0.1) is 13.2 Å². The van der Waals surface area contributed by atoms with Gasteiger partial charge in [0.1, 0.15) is 0 Å². The molecule has 0 unspecified atom stereocenters. The van der Waals surface area contributed by atoms with Gasteiger partial charge in [0, 0.05) is 37.4 Å². The summed E-state index contributed by atoms with van der Waals surface area (Å²) in [6.07, 6.45) is 8.24. The molecule has 1 heterocycles. The highest BCUT2D eigenvalue weighted by atomic mass is 19.1. The van der Waals surface area contributed by atoms with E-state index in [1.54, 1.807) is 12.1 Å². The van der Waals surface area contributed by atoms with Gasteiger partial charge in [-0.15, -0.1) is 0 Å². The first-order valence-electron chi connectivity index (χ1n) is 8.35. The molecule has 1 aliphatic carbocycles. The van der Waals surface area contributed by atoms with Crippen LogP contribution in [-0.4, -0.2) is 49.3 Å². The third kappa shape index (κ3) is 5.99. The third-order valence-corrected chi connectivity index (χ3v) is 4.36. The van der Waals surface area contributed by atoms with Crippen LogP contribution in [0.4, 0.5) is 4.39 Å². The van der Waals surface area contributed by atoms with E-state index in [0.29, 0.717) is 18.7 Å². The summed E-state index contributed by atoms with van der Waals surface area (Å²) >= 11 is 0. The van der Waals surface area contributed by atoms with Crippen molar-refractivity contribution in [3.63, 3.8) is 0 Å². The molecule has 0 aromatic carbocycles. The fourth-order valence-corrected chi connectivity index (χ4v) is 2.93. The van der Waals surface area contributed by atoms with Crippen molar-refractivity contribution in [2.24, 2.45) is 0 Å². The van der Waals surface area contributed by atoms with Crippen molar-refractivity contribution in [2.45, 2.75) is 44.7 Å². The Morgan fingerprint density at radius 3 is 2.91 bits per heavy atom. The summed E-state index contributed by atoms with van der Waals surface area (Å²) in [5.74, 6) is -0.398. The first-order chi connectivity index (χ1) is 10.8. The molecule has 4 nitrogen and oxygen atoms in total. The normalized spacial score (nSPS) is 16.3. The molecule has 0 spiro atoms. The Bertz CT molecular complexity index is 424. The predicted octanol–water partition coefficient (Wildman–Crippen LogP) is 2.59. The molecule has 5 heteroatoms. The molecule has 0 amide bonds. The minimum absolute atomic E-state index is 0.398. The zero-order chi connectivity index (χ0) is 15.6. The van der Waals surface area contributed by atoms with E-state index >= 15 is 0 Å². The van der Waals surface area contributed by atoms with Gasteiger partial charge >= 0.3 is 0 Å². The summed E-state index contributed by atoms with van der Waals surface area (Å²) in [5, 5.41) is 3.18. The minimum Gasteiger partial charge on any atom is -0.379 e. The zero-order valence-electron chi connectivity index (χ0n) is 13.6. The molecule has 1 aromatic rings. The number of aromatic nitrogens is 1. The average Bonchev–Trinajstić information content (AvgIpc) is 2.56. The highest BCUT2D eigenvalue weighted by Crippen LogP contribution is 2.21. The van der Waals surface area contributed by atoms with Crippen LogP contribution < -0.4 is 5.32 Å². The lowest BCUT2D eigenvalue weighted by atomic mass is 9.94. The van der Waals surface area contributed by atoms with E-state index in [0.717, 1.165) is 25.7 Å². The number of halogens is 1. The van der Waals surface area contributed by atoms with Crippen LogP contribution in [0.1, 0.15) is 37.7 Å². The van der Waals surface area contributed by atoms with Gasteiger partial charge in [-0.1, -0.05) is 25.3 Å². The molecular formula is C17H28FN3O. The number of rotatable bonds is 9. The lowest BCUT2D eigenvalue weighted by Gasteiger charge is -2.31. The fourth-order valence-electron chi connectivity index (χ4n) is 2.93. The van der Waals surface area contributed by atoms with Gasteiger partial charge in [0.15, 0.2) is 0 Å². The molecule has 1 saturated carbocycles. The summed E-state index contributed by atoms with van der Waals surface area (Å²) in [6.45, 7) is 3.62. The maximum absolute atomic E-state index is 13.3. The number of nitrogens with zero attached hydrogens (tertiary/aromatic N) is 2. The SMILES string of the molecule is CN(CCOCCNCc1cccnc1F)C1CCCCC1. The van der Waals surface area contributed by atoms with Gasteiger partial charge in [-0.2, -0.15) is 4.39 Å². The van der Waals surface area contributed by atoms with E-state index in [2.05, 4.69) is 22.2 Å². The van der Waals surface area contributed by atoms with Crippen LogP contribution in [0.15, 0.2) is 18.3 Å². The van der Waals surface area contributed by atoms with Crippen LogP contribution >= 0.6 is 0 Å². The van der Waals surface area contributed by atoms with Crippen LogP contribution in [0.3, 0.4) is 0 Å². The molecule has 0 bridgehead atoms. The van der Waals surface area contributed by atoms with E-state index < -0.39 is 5.95 Å². The first kappa shape index (κ1) is 17.3. The third-order valence-electron chi connectivity index (χ3n) is 4.36. The fraction of sp³-hybridized carbons (Fsp3) is 0.706. The Morgan fingerprint density at radius 2 is 2.14 bits per heavy atom. The van der Waals surface area contributed by atoms with Gasteiger partial charge in [-0.25, -0.2) is 4.98 Å². The van der Waals surface area contributed by atoms with Crippen LogP contribution in [0.25, 0.3) is 0 Å². The number of nitrogens with one attached hydrogen (secondary N) is 1. The Morgan fingerprint density at radius 1 is 1.32 bits per heavy atom. The standard InChI is InChI=1S/C17H28FN3O/c1-21(16-7-3-2-4-8-16)11-13-22-12-10-19-14-15-6-5-9-20-17(15)18/h5-6,9,16,19H,2-4,7-8,10-14H2,1H3. The van der Waals surface area contributed by atoms with E-state index in [9.17, 15) is 4.39 Å². The van der Waals surface area contributed by atoms with Crippen molar-refractivity contribution < 1.29 is 9.13 Å². The van der Waals surface area contributed by atoms with Crippen molar-refractivity contribution in [2.75, 3.05) is 33.4 Å². The molecule has 124 valence electrons. The van der Waals surface area contributed by atoms with Crippen molar-refractivity contribution in [1.29, 1.82) is 0 Å². The molecule has 0 radical (unpaired) electrons. The van der Waals surface area contributed by atoms with E-state index in [4.69, 9.17) is 4.74 Å². The number of hydrogen-bond donors (Lipinski definition) is 1. The Balaban J connectivity index is 1.48. The maximum atomic E-state index is 13.3. The second-order valence-electron chi connectivity index (χ2n) is 6.01. The minimum atomic E-state index is -0.398. The Labute approximate surface area is 133 Å². The largest absolute Gasteiger partial charge is 0.379 e. The predicted molar refractivity (Wildman–Crippen MR) is 86.2 cm³/mol. The second-order valence-corrected chi connectivity index (χ2v) is 6.01. The van der Waals surface area contributed by atoms with Gasteiger partial charge in [-0.3, -0.25) is 0 Å². The topological polar surface area (TPSA) is 37.4 Å². The van der Waals surface area contributed by atoms with Crippen LogP contribution in [0.5, 0.6) is 0 Å². The van der Waals surface area contributed by atoms with Gasteiger partial charge in [0.2, 0.25) is 5.95 Å². The second kappa shape index (κ2) is 9.87. The molecule has 1 N–H and O–H groups in total. The molecule has 0 aliphatic heterocycles. The van der Waals surface area contributed by atoms with E-state index in [1.165, 1.54) is 38.3 Å². The smallest absolute Gasteiger partial charge is 0.217 e. The van der Waals surface area contributed by atoms with Gasteiger partial charge in [0.25, 0.3) is 0 Å². The quantitative estimate of drug-likeness (QED) is 0.562. The van der Waals surface area contributed by atoms with Crippen molar-refractivity contribution in [3.05, 3.63) is 29.8 Å². The van der Waals surface area contributed by atoms with Crippen molar-refractivity contribution in [1.82, 2.24) is 15.2 Å². The summed E-state index contributed by atoms with van der Waals surface area (Å²) in [6, 6.07) is 4.23. The number of pyridine rings is 1. The Hall–Kier alpha value is -1.04. The highest BCUT2D eigenvalue weighted by molar-refractivity contribution is 5.10. The van der Waals surface area contributed by atoms with E-state index in [-0.39, 0.29) is 0 Å².